The van der Waals surface area contributed by atoms with Crippen LogP contribution in [0.5, 0.6) is 0 Å². The second-order valence-corrected chi connectivity index (χ2v) is 6.73. The molecule has 0 atom stereocenters. The van der Waals surface area contributed by atoms with Gasteiger partial charge in [-0.15, -0.1) is 12.4 Å². The predicted octanol–water partition coefficient (Wildman–Crippen LogP) is 1.57. The molecule has 0 amide bonds. The number of hydrogen-bond acceptors (Lipinski definition) is 5. The average molecular weight is 336 g/mol. The molecule has 0 radical (unpaired) electrons. The lowest BCUT2D eigenvalue weighted by molar-refractivity contribution is -0.385. The van der Waals surface area contributed by atoms with E-state index in [4.69, 9.17) is 5.73 Å². The van der Waals surface area contributed by atoms with Crippen LogP contribution in [0.25, 0.3) is 0 Å². The predicted molar refractivity (Wildman–Crippen MR) is 80.9 cm³/mol. The molecule has 21 heavy (non-hydrogen) atoms. The van der Waals surface area contributed by atoms with Crippen LogP contribution in [0.2, 0.25) is 0 Å². The van der Waals surface area contributed by atoms with Gasteiger partial charge in [-0.05, 0) is 18.9 Å². The van der Waals surface area contributed by atoms with Crippen molar-refractivity contribution in [2.45, 2.75) is 36.1 Å². The molecule has 2 rings (SSSR count). The van der Waals surface area contributed by atoms with Crippen molar-refractivity contribution in [1.82, 2.24) is 4.72 Å². The van der Waals surface area contributed by atoms with Gasteiger partial charge in [0.05, 0.1) is 9.82 Å². The zero-order valence-electron chi connectivity index (χ0n) is 11.3. The number of nitrogens with one attached hydrogen (secondary N) is 1. The average Bonchev–Trinajstić information content (AvgIpc) is 2.87. The fourth-order valence-electron chi connectivity index (χ4n) is 2.51. The molecule has 1 aromatic carbocycles. The third-order valence-electron chi connectivity index (χ3n) is 3.64. The Labute approximate surface area is 129 Å². The molecule has 1 fully saturated rings. The number of non-ortho nitro benzene ring substituents is 1. The number of halogens is 1. The molecule has 0 saturated heterocycles. The van der Waals surface area contributed by atoms with Gasteiger partial charge in [0.25, 0.3) is 5.69 Å². The van der Waals surface area contributed by atoms with Crippen molar-refractivity contribution < 1.29 is 13.3 Å². The summed E-state index contributed by atoms with van der Waals surface area (Å²) in [5.41, 5.74) is 4.83. The van der Waals surface area contributed by atoms with Gasteiger partial charge >= 0.3 is 0 Å². The molecule has 118 valence electrons. The van der Waals surface area contributed by atoms with Crippen LogP contribution in [0.1, 0.15) is 25.7 Å². The topological polar surface area (TPSA) is 115 Å². The standard InChI is InChI=1S/C12H17N3O4S.ClH/c13-9-12(6-1-2-7-12)14-20(18,19)11-5-3-4-10(8-11)15(16)17;/h3-5,8,14H,1-2,6-7,9,13H2;1H. The third-order valence-corrected chi connectivity index (χ3v) is 5.22. The maximum atomic E-state index is 12.3. The Morgan fingerprint density at radius 3 is 2.48 bits per heavy atom. The molecule has 0 aliphatic heterocycles. The van der Waals surface area contributed by atoms with Crippen molar-refractivity contribution >= 4 is 28.1 Å². The summed E-state index contributed by atoms with van der Waals surface area (Å²) >= 11 is 0. The van der Waals surface area contributed by atoms with Crippen LogP contribution in [0.3, 0.4) is 0 Å². The molecule has 0 heterocycles. The minimum absolute atomic E-state index is 0. The largest absolute Gasteiger partial charge is 0.329 e. The zero-order chi connectivity index (χ0) is 14.8. The van der Waals surface area contributed by atoms with Crippen molar-refractivity contribution in [3.05, 3.63) is 34.4 Å². The van der Waals surface area contributed by atoms with E-state index in [0.717, 1.165) is 18.9 Å². The molecule has 1 aromatic rings. The molecule has 1 aliphatic rings. The number of hydrogen-bond donors (Lipinski definition) is 2. The molecule has 1 aliphatic carbocycles. The van der Waals surface area contributed by atoms with Crippen molar-refractivity contribution in [2.75, 3.05) is 6.54 Å². The highest BCUT2D eigenvalue weighted by Crippen LogP contribution is 2.30. The Kier molecular flexibility index (Phi) is 5.68. The molecule has 1 saturated carbocycles. The van der Waals surface area contributed by atoms with Crippen LogP contribution in [0.4, 0.5) is 5.69 Å². The van der Waals surface area contributed by atoms with E-state index in [1.54, 1.807) is 0 Å². The number of sulfonamides is 1. The highest BCUT2D eigenvalue weighted by atomic mass is 35.5. The van der Waals surface area contributed by atoms with Gasteiger partial charge in [0.15, 0.2) is 0 Å². The molecule has 0 aromatic heterocycles. The maximum absolute atomic E-state index is 12.3. The number of benzene rings is 1. The molecular weight excluding hydrogens is 318 g/mol. The third kappa shape index (κ3) is 3.91. The summed E-state index contributed by atoms with van der Waals surface area (Å²) in [7, 11) is -3.80. The Morgan fingerprint density at radius 2 is 1.95 bits per heavy atom. The molecule has 0 unspecified atom stereocenters. The fraction of sp³-hybridized carbons (Fsp3) is 0.500. The van der Waals surface area contributed by atoms with E-state index in [9.17, 15) is 18.5 Å². The summed E-state index contributed by atoms with van der Waals surface area (Å²) in [6.07, 6.45) is 3.23. The zero-order valence-corrected chi connectivity index (χ0v) is 13.0. The smallest absolute Gasteiger partial charge is 0.270 e. The second-order valence-electron chi connectivity index (χ2n) is 5.05. The summed E-state index contributed by atoms with van der Waals surface area (Å²) in [5.74, 6) is 0. The first-order valence-corrected chi connectivity index (χ1v) is 7.85. The van der Waals surface area contributed by atoms with Crippen molar-refractivity contribution in [1.29, 1.82) is 0 Å². The molecule has 7 nitrogen and oxygen atoms in total. The van der Waals surface area contributed by atoms with Gasteiger partial charge in [0.2, 0.25) is 10.0 Å². The van der Waals surface area contributed by atoms with Crippen LogP contribution in [0.15, 0.2) is 29.2 Å². The molecule has 3 N–H and O–H groups in total. The van der Waals surface area contributed by atoms with Crippen LogP contribution in [-0.2, 0) is 10.0 Å². The first-order chi connectivity index (χ1) is 9.38. The molecular formula is C12H18ClN3O4S. The van der Waals surface area contributed by atoms with Crippen molar-refractivity contribution in [3.8, 4) is 0 Å². The van der Waals surface area contributed by atoms with Gasteiger partial charge in [-0.1, -0.05) is 18.9 Å². The first kappa shape index (κ1) is 17.8. The number of rotatable bonds is 5. The van der Waals surface area contributed by atoms with Gasteiger partial charge < -0.3 is 5.73 Å². The Hall–Kier alpha value is -1.22. The monoisotopic (exact) mass is 335 g/mol. The van der Waals surface area contributed by atoms with E-state index in [0.29, 0.717) is 12.8 Å². The Balaban J connectivity index is 0.00000220. The minimum Gasteiger partial charge on any atom is -0.329 e. The number of nitrogens with two attached hydrogens (primary N) is 1. The van der Waals surface area contributed by atoms with Crippen molar-refractivity contribution in [2.24, 2.45) is 5.73 Å². The molecule has 0 bridgehead atoms. The Bertz CT molecular complexity index is 615. The van der Waals surface area contributed by atoms with Gasteiger partial charge in [0.1, 0.15) is 0 Å². The minimum atomic E-state index is -3.80. The summed E-state index contributed by atoms with van der Waals surface area (Å²) in [6.45, 7) is 0.223. The number of nitro benzene ring substituents is 1. The van der Waals surface area contributed by atoms with Crippen LogP contribution in [-0.4, -0.2) is 25.4 Å². The summed E-state index contributed by atoms with van der Waals surface area (Å²) in [4.78, 5) is 9.99. The SMILES string of the molecule is Cl.NCC1(NS(=O)(=O)c2cccc([N+](=O)[O-])c2)CCCC1. The van der Waals surface area contributed by atoms with E-state index in [2.05, 4.69) is 4.72 Å². The summed E-state index contributed by atoms with van der Waals surface area (Å²) < 4.78 is 27.3. The maximum Gasteiger partial charge on any atom is 0.270 e. The molecule has 9 heteroatoms. The number of nitrogens with zero attached hydrogens (tertiary/aromatic N) is 1. The van der Waals surface area contributed by atoms with E-state index in [1.165, 1.54) is 18.2 Å². The fourth-order valence-corrected chi connectivity index (χ4v) is 4.02. The highest BCUT2D eigenvalue weighted by molar-refractivity contribution is 7.89. The van der Waals surface area contributed by atoms with E-state index < -0.39 is 20.5 Å². The van der Waals surface area contributed by atoms with E-state index in [-0.39, 0.29) is 29.5 Å². The van der Waals surface area contributed by atoms with E-state index >= 15 is 0 Å². The lowest BCUT2D eigenvalue weighted by atomic mass is 10.0. The van der Waals surface area contributed by atoms with E-state index in [1.807, 2.05) is 0 Å². The van der Waals surface area contributed by atoms with Crippen LogP contribution >= 0.6 is 12.4 Å². The van der Waals surface area contributed by atoms with Crippen molar-refractivity contribution in [3.63, 3.8) is 0 Å². The lowest BCUT2D eigenvalue weighted by Gasteiger charge is -2.28. The van der Waals surface area contributed by atoms with Gasteiger partial charge in [-0.3, -0.25) is 10.1 Å². The summed E-state index contributed by atoms with van der Waals surface area (Å²) in [6, 6.07) is 5.01. The summed E-state index contributed by atoms with van der Waals surface area (Å²) in [5, 5.41) is 10.7. The van der Waals surface area contributed by atoms with Gasteiger partial charge in [0, 0.05) is 24.2 Å². The van der Waals surface area contributed by atoms with Gasteiger partial charge in [-0.25, -0.2) is 13.1 Å². The highest BCUT2D eigenvalue weighted by Gasteiger charge is 2.37. The second kappa shape index (κ2) is 6.69. The van der Waals surface area contributed by atoms with Crippen LogP contribution < -0.4 is 10.5 Å². The lowest BCUT2D eigenvalue weighted by Crippen LogP contribution is -2.51. The Morgan fingerprint density at radius 1 is 1.33 bits per heavy atom. The molecule has 0 spiro atoms. The first-order valence-electron chi connectivity index (χ1n) is 6.37. The quantitative estimate of drug-likeness (QED) is 0.626. The normalized spacial score (nSPS) is 17.2. The number of nitro groups is 1. The van der Waals surface area contributed by atoms with Gasteiger partial charge in [-0.2, -0.15) is 0 Å². The van der Waals surface area contributed by atoms with Crippen LogP contribution in [0, 0.1) is 10.1 Å².